The van der Waals surface area contributed by atoms with Gasteiger partial charge in [-0.1, -0.05) is 11.6 Å². The number of hydrogen-bond donors (Lipinski definition) is 1. The smallest absolute Gasteiger partial charge is 0.315 e. The Labute approximate surface area is 121 Å². The molecule has 1 aromatic heterocycles. The minimum atomic E-state index is -4.57. The zero-order valence-electron chi connectivity index (χ0n) is 10.2. The SMILES string of the molecule is CNCc1sc(-c2ccc(Cl)cc2F)nc1C(F)(F)F. The molecule has 0 saturated carbocycles. The number of rotatable bonds is 3. The Morgan fingerprint density at radius 3 is 2.60 bits per heavy atom. The molecule has 2 rings (SSSR count). The molecule has 0 bridgehead atoms. The number of halogens is 5. The van der Waals surface area contributed by atoms with Crippen LogP contribution in [-0.4, -0.2) is 12.0 Å². The van der Waals surface area contributed by atoms with Crippen molar-refractivity contribution in [1.29, 1.82) is 0 Å². The van der Waals surface area contributed by atoms with Gasteiger partial charge in [0.1, 0.15) is 10.8 Å². The van der Waals surface area contributed by atoms with Gasteiger partial charge in [-0.2, -0.15) is 13.2 Å². The van der Waals surface area contributed by atoms with Crippen LogP contribution in [0.3, 0.4) is 0 Å². The first-order chi connectivity index (χ1) is 9.32. The summed E-state index contributed by atoms with van der Waals surface area (Å²) in [6, 6.07) is 3.77. The van der Waals surface area contributed by atoms with Gasteiger partial charge in [0.05, 0.1) is 4.88 Å². The summed E-state index contributed by atoms with van der Waals surface area (Å²) in [4.78, 5) is 3.55. The van der Waals surface area contributed by atoms with Crippen LogP contribution in [0.1, 0.15) is 10.6 Å². The van der Waals surface area contributed by atoms with Gasteiger partial charge >= 0.3 is 6.18 Å². The summed E-state index contributed by atoms with van der Waals surface area (Å²) in [6.45, 7) is 0.0156. The van der Waals surface area contributed by atoms with Crippen LogP contribution in [0.25, 0.3) is 10.6 Å². The molecule has 0 saturated heterocycles. The minimum absolute atomic E-state index is 0.00672. The molecule has 2 aromatic rings. The first-order valence-corrected chi connectivity index (χ1v) is 6.69. The van der Waals surface area contributed by atoms with Gasteiger partial charge in [0.2, 0.25) is 0 Å². The van der Waals surface area contributed by atoms with Crippen molar-refractivity contribution in [2.24, 2.45) is 0 Å². The summed E-state index contributed by atoms with van der Waals surface area (Å²) >= 11 is 6.42. The Bertz CT molecular complexity index is 624. The average molecular weight is 325 g/mol. The molecule has 0 spiro atoms. The lowest BCUT2D eigenvalue weighted by Gasteiger charge is -2.04. The van der Waals surface area contributed by atoms with E-state index in [-0.39, 0.29) is 27.0 Å². The van der Waals surface area contributed by atoms with Crippen molar-refractivity contribution in [3.63, 3.8) is 0 Å². The molecule has 0 fully saturated rings. The molecule has 0 radical (unpaired) electrons. The maximum absolute atomic E-state index is 13.7. The van der Waals surface area contributed by atoms with E-state index in [1.807, 2.05) is 0 Å². The van der Waals surface area contributed by atoms with Gasteiger partial charge in [-0.3, -0.25) is 0 Å². The van der Waals surface area contributed by atoms with Crippen molar-refractivity contribution in [2.75, 3.05) is 7.05 Å². The Morgan fingerprint density at radius 2 is 2.05 bits per heavy atom. The maximum Gasteiger partial charge on any atom is 0.434 e. The zero-order chi connectivity index (χ0) is 14.9. The van der Waals surface area contributed by atoms with Gasteiger partial charge in [0.15, 0.2) is 5.69 Å². The van der Waals surface area contributed by atoms with Gasteiger partial charge < -0.3 is 5.32 Å². The van der Waals surface area contributed by atoms with E-state index in [0.717, 1.165) is 17.4 Å². The van der Waals surface area contributed by atoms with Crippen molar-refractivity contribution >= 4 is 22.9 Å². The van der Waals surface area contributed by atoms with Gasteiger partial charge in [-0.05, 0) is 25.2 Å². The van der Waals surface area contributed by atoms with Crippen molar-refractivity contribution in [1.82, 2.24) is 10.3 Å². The quantitative estimate of drug-likeness (QED) is 0.849. The molecule has 1 N–H and O–H groups in total. The van der Waals surface area contributed by atoms with E-state index in [1.54, 1.807) is 0 Å². The molecule has 108 valence electrons. The van der Waals surface area contributed by atoms with E-state index >= 15 is 0 Å². The summed E-state index contributed by atoms with van der Waals surface area (Å²) in [5, 5.41) is 2.80. The minimum Gasteiger partial charge on any atom is -0.315 e. The molecule has 2 nitrogen and oxygen atoms in total. The lowest BCUT2D eigenvalue weighted by Crippen LogP contribution is -2.12. The topological polar surface area (TPSA) is 24.9 Å². The predicted molar refractivity (Wildman–Crippen MR) is 70.3 cm³/mol. The Hall–Kier alpha value is -1.18. The highest BCUT2D eigenvalue weighted by Gasteiger charge is 2.37. The Balaban J connectivity index is 2.53. The summed E-state index contributed by atoms with van der Waals surface area (Å²) < 4.78 is 52.3. The second kappa shape index (κ2) is 5.67. The second-order valence-electron chi connectivity index (χ2n) is 3.94. The number of nitrogens with zero attached hydrogens (tertiary/aromatic N) is 1. The van der Waals surface area contributed by atoms with Crippen LogP contribution in [0.4, 0.5) is 17.6 Å². The van der Waals surface area contributed by atoms with E-state index in [9.17, 15) is 17.6 Å². The van der Waals surface area contributed by atoms with Crippen LogP contribution in [0.5, 0.6) is 0 Å². The first-order valence-electron chi connectivity index (χ1n) is 5.50. The summed E-state index contributed by atoms with van der Waals surface area (Å²) in [5.74, 6) is -0.698. The molecule has 8 heteroatoms. The average Bonchev–Trinajstić information content (AvgIpc) is 2.73. The standard InChI is InChI=1S/C12H9ClF4N2S/c1-18-5-9-10(12(15,16)17)19-11(20-9)7-3-2-6(13)4-8(7)14/h2-4,18H,5H2,1H3. The summed E-state index contributed by atoms with van der Waals surface area (Å²) in [7, 11) is 1.53. The first kappa shape index (κ1) is 15.2. The molecule has 0 atom stereocenters. The largest absolute Gasteiger partial charge is 0.434 e. The molecule has 1 aromatic carbocycles. The fourth-order valence-corrected chi connectivity index (χ4v) is 2.91. The van der Waals surface area contributed by atoms with Crippen molar-refractivity contribution < 1.29 is 17.6 Å². The van der Waals surface area contributed by atoms with E-state index in [1.165, 1.54) is 19.2 Å². The monoisotopic (exact) mass is 324 g/mol. The normalized spacial score (nSPS) is 11.9. The van der Waals surface area contributed by atoms with Gasteiger partial charge in [0.25, 0.3) is 0 Å². The third-order valence-corrected chi connectivity index (χ3v) is 3.79. The molecule has 1 heterocycles. The molecular formula is C12H9ClF4N2S. The van der Waals surface area contributed by atoms with E-state index in [0.29, 0.717) is 0 Å². The van der Waals surface area contributed by atoms with Crippen LogP contribution >= 0.6 is 22.9 Å². The van der Waals surface area contributed by atoms with E-state index in [2.05, 4.69) is 10.3 Å². The van der Waals surface area contributed by atoms with Gasteiger partial charge in [-0.15, -0.1) is 11.3 Å². The van der Waals surface area contributed by atoms with Crippen LogP contribution in [0.15, 0.2) is 18.2 Å². The highest BCUT2D eigenvalue weighted by Crippen LogP contribution is 2.38. The maximum atomic E-state index is 13.7. The van der Waals surface area contributed by atoms with Crippen LogP contribution in [0.2, 0.25) is 5.02 Å². The van der Waals surface area contributed by atoms with Gasteiger partial charge in [-0.25, -0.2) is 9.37 Å². The molecule has 0 aliphatic rings. The fourth-order valence-electron chi connectivity index (χ4n) is 1.63. The number of aromatic nitrogens is 1. The molecule has 20 heavy (non-hydrogen) atoms. The highest BCUT2D eigenvalue weighted by atomic mass is 35.5. The molecule has 0 unspecified atom stereocenters. The third-order valence-electron chi connectivity index (χ3n) is 2.46. The Morgan fingerprint density at radius 1 is 1.35 bits per heavy atom. The number of nitrogens with one attached hydrogen (secondary N) is 1. The summed E-state index contributed by atoms with van der Waals surface area (Å²) in [6.07, 6.45) is -4.57. The lowest BCUT2D eigenvalue weighted by molar-refractivity contribution is -0.141. The predicted octanol–water partition coefficient (Wildman–Crippen LogP) is 4.34. The summed E-state index contributed by atoms with van der Waals surface area (Å²) in [5.41, 5.74) is -0.978. The third kappa shape index (κ3) is 3.11. The molecule has 0 aliphatic carbocycles. The second-order valence-corrected chi connectivity index (χ2v) is 5.46. The number of thiazole rings is 1. The van der Waals surface area contributed by atoms with Crippen molar-refractivity contribution in [2.45, 2.75) is 12.7 Å². The van der Waals surface area contributed by atoms with E-state index < -0.39 is 17.7 Å². The van der Waals surface area contributed by atoms with Crippen molar-refractivity contribution in [3.05, 3.63) is 39.6 Å². The zero-order valence-corrected chi connectivity index (χ0v) is 11.8. The number of hydrogen-bond acceptors (Lipinski definition) is 3. The van der Waals surface area contributed by atoms with Crippen LogP contribution in [-0.2, 0) is 12.7 Å². The van der Waals surface area contributed by atoms with Crippen LogP contribution < -0.4 is 5.32 Å². The van der Waals surface area contributed by atoms with Crippen molar-refractivity contribution in [3.8, 4) is 10.6 Å². The van der Waals surface area contributed by atoms with Gasteiger partial charge in [0, 0.05) is 17.1 Å². The molecule has 0 aliphatic heterocycles. The molecular weight excluding hydrogens is 316 g/mol. The fraction of sp³-hybridized carbons (Fsp3) is 0.250. The van der Waals surface area contributed by atoms with E-state index in [4.69, 9.17) is 11.6 Å². The van der Waals surface area contributed by atoms with Crippen LogP contribution in [0, 0.1) is 5.82 Å². The lowest BCUT2D eigenvalue weighted by atomic mass is 10.2. The number of benzene rings is 1. The number of alkyl halides is 3. The highest BCUT2D eigenvalue weighted by molar-refractivity contribution is 7.15. The Kier molecular flexibility index (Phi) is 4.31. The molecule has 0 amide bonds.